The molecule has 0 unspecified atom stereocenters. The highest BCUT2D eigenvalue weighted by atomic mass is 19.3. The Labute approximate surface area is 111 Å². The maximum Gasteiger partial charge on any atom is 0.248 e. The van der Waals surface area contributed by atoms with Crippen LogP contribution >= 0.6 is 0 Å². The average Bonchev–Trinajstić information content (AvgIpc) is 2.31. The third-order valence-electron chi connectivity index (χ3n) is 3.58. The van der Waals surface area contributed by atoms with Crippen LogP contribution in [0.1, 0.15) is 41.6 Å². The molecule has 0 heterocycles. The molecule has 5 heteroatoms. The van der Waals surface area contributed by atoms with Crippen LogP contribution in [0.25, 0.3) is 0 Å². The van der Waals surface area contributed by atoms with E-state index in [0.29, 0.717) is 18.4 Å². The van der Waals surface area contributed by atoms with E-state index < -0.39 is 11.8 Å². The number of amides is 1. The van der Waals surface area contributed by atoms with E-state index in [1.807, 2.05) is 6.07 Å². The minimum Gasteiger partial charge on any atom is -0.382 e. The quantitative estimate of drug-likeness (QED) is 0.885. The van der Waals surface area contributed by atoms with Gasteiger partial charge in [-0.3, -0.25) is 4.79 Å². The van der Waals surface area contributed by atoms with Crippen LogP contribution in [-0.4, -0.2) is 17.9 Å². The molecule has 1 aromatic carbocycles. The molecule has 1 aliphatic rings. The Morgan fingerprint density at radius 2 is 2.00 bits per heavy atom. The van der Waals surface area contributed by atoms with E-state index in [1.165, 1.54) is 0 Å². The molecular formula is C14H18F2N2O. The van der Waals surface area contributed by atoms with Crippen molar-refractivity contribution in [1.29, 1.82) is 0 Å². The molecule has 0 aliphatic heterocycles. The first-order valence-electron chi connectivity index (χ1n) is 6.42. The lowest BCUT2D eigenvalue weighted by Crippen LogP contribution is -2.32. The van der Waals surface area contributed by atoms with Crippen LogP contribution in [0.2, 0.25) is 0 Å². The third kappa shape index (κ3) is 3.43. The lowest BCUT2D eigenvalue weighted by Gasteiger charge is -2.29. The summed E-state index contributed by atoms with van der Waals surface area (Å²) in [5.74, 6) is -2.97. The van der Waals surface area contributed by atoms with Crippen LogP contribution in [0.5, 0.6) is 0 Å². The van der Waals surface area contributed by atoms with Gasteiger partial charge in [-0.05, 0) is 43.5 Å². The molecule has 1 amide bonds. The van der Waals surface area contributed by atoms with Gasteiger partial charge in [-0.15, -0.1) is 0 Å². The molecule has 1 fully saturated rings. The van der Waals surface area contributed by atoms with Gasteiger partial charge in [0.05, 0.1) is 0 Å². The molecule has 0 bridgehead atoms. The average molecular weight is 268 g/mol. The summed E-state index contributed by atoms with van der Waals surface area (Å²) in [5, 5.41) is 3.24. The molecule has 0 spiro atoms. The van der Waals surface area contributed by atoms with Gasteiger partial charge in [-0.25, -0.2) is 8.78 Å². The number of hydrogen-bond donors (Lipinski definition) is 2. The van der Waals surface area contributed by atoms with E-state index in [0.717, 1.165) is 11.3 Å². The fourth-order valence-corrected chi connectivity index (χ4v) is 2.45. The molecule has 0 atom stereocenters. The molecule has 2 rings (SSSR count). The van der Waals surface area contributed by atoms with E-state index in [2.05, 4.69) is 5.32 Å². The van der Waals surface area contributed by atoms with E-state index in [4.69, 9.17) is 5.73 Å². The molecule has 3 nitrogen and oxygen atoms in total. The van der Waals surface area contributed by atoms with Crippen molar-refractivity contribution >= 4 is 11.6 Å². The van der Waals surface area contributed by atoms with Crippen molar-refractivity contribution in [2.75, 3.05) is 5.32 Å². The van der Waals surface area contributed by atoms with Crippen molar-refractivity contribution < 1.29 is 13.6 Å². The maximum atomic E-state index is 13.0. The lowest BCUT2D eigenvalue weighted by molar-refractivity contribution is -0.0360. The Hall–Kier alpha value is -1.65. The maximum absolute atomic E-state index is 13.0. The summed E-state index contributed by atoms with van der Waals surface area (Å²) >= 11 is 0. The van der Waals surface area contributed by atoms with Gasteiger partial charge in [-0.1, -0.05) is 0 Å². The number of aryl methyl sites for hydroxylation is 1. The summed E-state index contributed by atoms with van der Waals surface area (Å²) in [6, 6.07) is 5.32. The minimum atomic E-state index is -2.51. The zero-order valence-electron chi connectivity index (χ0n) is 10.9. The molecule has 104 valence electrons. The Kier molecular flexibility index (Phi) is 3.73. The molecule has 1 aliphatic carbocycles. The van der Waals surface area contributed by atoms with E-state index >= 15 is 0 Å². The number of benzene rings is 1. The summed E-state index contributed by atoms with van der Waals surface area (Å²) in [6.07, 6.45) is 0.791. The SMILES string of the molecule is Cc1cc(NC2CCC(F)(F)CC2)ccc1C(N)=O. The largest absolute Gasteiger partial charge is 0.382 e. The zero-order valence-corrected chi connectivity index (χ0v) is 10.9. The second-order valence-corrected chi connectivity index (χ2v) is 5.17. The zero-order chi connectivity index (χ0) is 14.0. The highest BCUT2D eigenvalue weighted by molar-refractivity contribution is 5.94. The number of alkyl halides is 2. The second-order valence-electron chi connectivity index (χ2n) is 5.17. The minimum absolute atomic E-state index is 0.0665. The van der Waals surface area contributed by atoms with Gasteiger partial charge in [0, 0.05) is 30.1 Å². The summed E-state index contributed by atoms with van der Waals surface area (Å²) in [7, 11) is 0. The number of anilines is 1. The Balaban J connectivity index is 2.01. The van der Waals surface area contributed by atoms with Crippen LogP contribution in [0.3, 0.4) is 0 Å². The van der Waals surface area contributed by atoms with Gasteiger partial charge >= 0.3 is 0 Å². The third-order valence-corrected chi connectivity index (χ3v) is 3.58. The second kappa shape index (κ2) is 5.15. The predicted molar refractivity (Wildman–Crippen MR) is 70.5 cm³/mol. The molecule has 1 aromatic rings. The van der Waals surface area contributed by atoms with Crippen LogP contribution in [-0.2, 0) is 0 Å². The monoisotopic (exact) mass is 268 g/mol. The molecule has 3 N–H and O–H groups in total. The van der Waals surface area contributed by atoms with Gasteiger partial charge < -0.3 is 11.1 Å². The van der Waals surface area contributed by atoms with Crippen molar-refractivity contribution in [2.45, 2.75) is 44.6 Å². The summed E-state index contributed by atoms with van der Waals surface area (Å²) in [6.45, 7) is 1.81. The summed E-state index contributed by atoms with van der Waals surface area (Å²) in [5.41, 5.74) is 7.36. The van der Waals surface area contributed by atoms with Crippen molar-refractivity contribution in [2.24, 2.45) is 5.73 Å². The standard InChI is InChI=1S/C14H18F2N2O/c1-9-8-11(2-3-12(9)13(17)19)18-10-4-6-14(15,16)7-5-10/h2-3,8,10,18H,4-7H2,1H3,(H2,17,19). The van der Waals surface area contributed by atoms with Gasteiger partial charge in [0.2, 0.25) is 11.8 Å². The number of carbonyl (C=O) groups excluding carboxylic acids is 1. The number of nitrogens with one attached hydrogen (secondary N) is 1. The van der Waals surface area contributed by atoms with Crippen molar-refractivity contribution in [3.8, 4) is 0 Å². The highest BCUT2D eigenvalue weighted by Gasteiger charge is 2.34. The van der Waals surface area contributed by atoms with Gasteiger partial charge in [-0.2, -0.15) is 0 Å². The highest BCUT2D eigenvalue weighted by Crippen LogP contribution is 2.34. The fraction of sp³-hybridized carbons (Fsp3) is 0.500. The number of nitrogens with two attached hydrogens (primary N) is 1. The summed E-state index contributed by atoms with van der Waals surface area (Å²) in [4.78, 5) is 11.1. The Morgan fingerprint density at radius 1 is 1.37 bits per heavy atom. The molecule has 0 saturated heterocycles. The van der Waals surface area contributed by atoms with E-state index in [9.17, 15) is 13.6 Å². The van der Waals surface area contributed by atoms with Crippen molar-refractivity contribution in [3.63, 3.8) is 0 Å². The van der Waals surface area contributed by atoms with Crippen LogP contribution in [0.4, 0.5) is 14.5 Å². The molecule has 1 saturated carbocycles. The molecule has 0 aromatic heterocycles. The topological polar surface area (TPSA) is 55.1 Å². The van der Waals surface area contributed by atoms with Crippen LogP contribution in [0, 0.1) is 6.92 Å². The van der Waals surface area contributed by atoms with Crippen molar-refractivity contribution in [3.05, 3.63) is 29.3 Å². The first kappa shape index (κ1) is 13.8. The number of primary amides is 1. The number of halogens is 2. The fourth-order valence-electron chi connectivity index (χ4n) is 2.45. The van der Waals surface area contributed by atoms with Gasteiger partial charge in [0.15, 0.2) is 0 Å². The number of rotatable bonds is 3. The number of hydrogen-bond acceptors (Lipinski definition) is 2. The molecule has 0 radical (unpaired) electrons. The van der Waals surface area contributed by atoms with Crippen LogP contribution in [0.15, 0.2) is 18.2 Å². The van der Waals surface area contributed by atoms with E-state index in [1.54, 1.807) is 19.1 Å². The Bertz CT molecular complexity index is 478. The van der Waals surface area contributed by atoms with Gasteiger partial charge in [0.25, 0.3) is 0 Å². The van der Waals surface area contributed by atoms with Gasteiger partial charge in [0.1, 0.15) is 0 Å². The number of carbonyl (C=O) groups is 1. The first-order chi connectivity index (χ1) is 8.87. The van der Waals surface area contributed by atoms with E-state index in [-0.39, 0.29) is 18.9 Å². The Morgan fingerprint density at radius 3 is 2.53 bits per heavy atom. The predicted octanol–water partition coefficient (Wildman–Crippen LogP) is 3.08. The first-order valence-corrected chi connectivity index (χ1v) is 6.42. The normalized spacial score (nSPS) is 19.1. The lowest BCUT2D eigenvalue weighted by atomic mass is 9.92. The van der Waals surface area contributed by atoms with Crippen LogP contribution < -0.4 is 11.1 Å². The molecule has 19 heavy (non-hydrogen) atoms. The smallest absolute Gasteiger partial charge is 0.248 e. The molecular weight excluding hydrogens is 250 g/mol. The van der Waals surface area contributed by atoms with Crippen molar-refractivity contribution in [1.82, 2.24) is 0 Å². The summed E-state index contributed by atoms with van der Waals surface area (Å²) < 4.78 is 26.1.